The van der Waals surface area contributed by atoms with E-state index in [2.05, 4.69) is 40.5 Å². The number of nitrogens with one attached hydrogen (secondary N) is 1. The van der Waals surface area contributed by atoms with Crippen molar-refractivity contribution < 1.29 is 4.74 Å². The Kier molecular flexibility index (Phi) is 6.29. The minimum atomic E-state index is 0.516. The number of likely N-dealkylation sites (tertiary alicyclic amines) is 1. The van der Waals surface area contributed by atoms with Gasteiger partial charge in [-0.2, -0.15) is 0 Å². The van der Waals surface area contributed by atoms with E-state index in [9.17, 15) is 0 Å². The summed E-state index contributed by atoms with van der Waals surface area (Å²) in [6, 6.07) is 12.2. The maximum absolute atomic E-state index is 5.47. The van der Waals surface area contributed by atoms with Crippen LogP contribution in [-0.2, 0) is 4.74 Å². The number of nitrogens with zero attached hydrogens (tertiary/aromatic N) is 1. The molecule has 1 unspecified atom stereocenters. The first kappa shape index (κ1) is 16.0. The molecule has 3 nitrogen and oxygen atoms in total. The smallest absolute Gasteiger partial charge is 0.0480 e. The van der Waals surface area contributed by atoms with Gasteiger partial charge in [0.2, 0.25) is 0 Å². The molecule has 0 radical (unpaired) electrons. The third-order valence-electron chi connectivity index (χ3n) is 5.09. The summed E-state index contributed by atoms with van der Waals surface area (Å²) >= 11 is 0. The quantitative estimate of drug-likeness (QED) is 0.902. The summed E-state index contributed by atoms with van der Waals surface area (Å²) in [6.07, 6.45) is 7.79. The lowest BCUT2D eigenvalue weighted by atomic mass is 10.0. The monoisotopic (exact) mass is 302 g/mol. The van der Waals surface area contributed by atoms with Crippen molar-refractivity contribution in [3.8, 4) is 0 Å². The van der Waals surface area contributed by atoms with Crippen LogP contribution < -0.4 is 5.32 Å². The summed E-state index contributed by atoms with van der Waals surface area (Å²) in [5, 5.41) is 3.82. The van der Waals surface area contributed by atoms with E-state index in [0.29, 0.717) is 12.1 Å². The standard InChI is InChI=1S/C19H30N2O/c1-2-7-13-21(12-6-1)19(17-8-4-3-5-9-17)16-20-18-10-14-22-15-11-18/h3-5,8-9,18-20H,1-2,6-7,10-16H2. The van der Waals surface area contributed by atoms with Crippen LogP contribution >= 0.6 is 0 Å². The van der Waals surface area contributed by atoms with E-state index in [0.717, 1.165) is 32.6 Å². The van der Waals surface area contributed by atoms with Gasteiger partial charge in [0.25, 0.3) is 0 Å². The highest BCUT2D eigenvalue weighted by Crippen LogP contribution is 2.24. The summed E-state index contributed by atoms with van der Waals surface area (Å²) in [4.78, 5) is 2.70. The molecule has 2 aliphatic heterocycles. The number of hydrogen-bond donors (Lipinski definition) is 1. The summed E-state index contributed by atoms with van der Waals surface area (Å²) in [6.45, 7) is 5.38. The lowest BCUT2D eigenvalue weighted by molar-refractivity contribution is 0.0748. The number of rotatable bonds is 5. The molecule has 0 spiro atoms. The molecule has 2 saturated heterocycles. The second kappa shape index (κ2) is 8.66. The molecule has 1 atom stereocenters. The summed E-state index contributed by atoms with van der Waals surface area (Å²) in [7, 11) is 0. The van der Waals surface area contributed by atoms with Crippen molar-refractivity contribution in [3.63, 3.8) is 0 Å². The van der Waals surface area contributed by atoms with Crippen molar-refractivity contribution in [2.75, 3.05) is 32.8 Å². The summed E-state index contributed by atoms with van der Waals surface area (Å²) < 4.78 is 5.47. The van der Waals surface area contributed by atoms with Crippen LogP contribution in [0.3, 0.4) is 0 Å². The fourth-order valence-electron chi connectivity index (χ4n) is 3.72. The zero-order valence-electron chi connectivity index (χ0n) is 13.7. The molecular formula is C19H30N2O. The molecule has 0 aromatic heterocycles. The Morgan fingerprint density at radius 3 is 2.36 bits per heavy atom. The molecule has 2 fully saturated rings. The first-order chi connectivity index (χ1) is 10.9. The van der Waals surface area contributed by atoms with Crippen LogP contribution in [0, 0.1) is 0 Å². The SMILES string of the molecule is c1ccc(C(CNC2CCOCC2)N2CCCCCC2)cc1. The lowest BCUT2D eigenvalue weighted by Crippen LogP contribution is -2.42. The molecule has 1 aromatic rings. The zero-order chi connectivity index (χ0) is 15.0. The molecule has 0 aliphatic carbocycles. The van der Waals surface area contributed by atoms with E-state index in [1.807, 2.05) is 0 Å². The van der Waals surface area contributed by atoms with E-state index < -0.39 is 0 Å². The number of benzene rings is 1. The maximum atomic E-state index is 5.47. The number of hydrogen-bond acceptors (Lipinski definition) is 3. The highest BCUT2D eigenvalue weighted by atomic mass is 16.5. The molecule has 2 heterocycles. The van der Waals surface area contributed by atoms with E-state index in [1.165, 1.54) is 44.3 Å². The first-order valence-electron chi connectivity index (χ1n) is 9.03. The van der Waals surface area contributed by atoms with Crippen LogP contribution in [0.15, 0.2) is 30.3 Å². The average molecular weight is 302 g/mol. The molecule has 1 N–H and O–H groups in total. The highest BCUT2D eigenvalue weighted by molar-refractivity contribution is 5.19. The Morgan fingerprint density at radius 1 is 1.00 bits per heavy atom. The highest BCUT2D eigenvalue weighted by Gasteiger charge is 2.23. The Bertz CT molecular complexity index is 409. The molecule has 3 rings (SSSR count). The van der Waals surface area contributed by atoms with Crippen LogP contribution in [0.4, 0.5) is 0 Å². The molecule has 0 saturated carbocycles. The van der Waals surface area contributed by atoms with Gasteiger partial charge < -0.3 is 10.1 Å². The van der Waals surface area contributed by atoms with Crippen LogP contribution in [0.5, 0.6) is 0 Å². The topological polar surface area (TPSA) is 24.5 Å². The van der Waals surface area contributed by atoms with E-state index in [4.69, 9.17) is 4.74 Å². The van der Waals surface area contributed by atoms with Crippen LogP contribution in [0.1, 0.15) is 50.1 Å². The van der Waals surface area contributed by atoms with Crippen molar-refractivity contribution in [2.24, 2.45) is 0 Å². The van der Waals surface area contributed by atoms with Gasteiger partial charge in [-0.25, -0.2) is 0 Å². The van der Waals surface area contributed by atoms with E-state index in [-0.39, 0.29) is 0 Å². The molecule has 0 amide bonds. The predicted octanol–water partition coefficient (Wildman–Crippen LogP) is 3.37. The van der Waals surface area contributed by atoms with Gasteiger partial charge in [0.15, 0.2) is 0 Å². The van der Waals surface area contributed by atoms with Gasteiger partial charge in [-0.05, 0) is 44.3 Å². The Hall–Kier alpha value is -0.900. The summed E-state index contributed by atoms with van der Waals surface area (Å²) in [5.41, 5.74) is 1.46. The van der Waals surface area contributed by atoms with Crippen molar-refractivity contribution in [1.29, 1.82) is 0 Å². The van der Waals surface area contributed by atoms with Gasteiger partial charge >= 0.3 is 0 Å². The van der Waals surface area contributed by atoms with Gasteiger partial charge in [-0.15, -0.1) is 0 Å². The van der Waals surface area contributed by atoms with Crippen LogP contribution in [0.25, 0.3) is 0 Å². The summed E-state index contributed by atoms with van der Waals surface area (Å²) in [5.74, 6) is 0. The molecule has 2 aliphatic rings. The first-order valence-corrected chi connectivity index (χ1v) is 9.03. The Balaban J connectivity index is 1.65. The van der Waals surface area contributed by atoms with E-state index in [1.54, 1.807) is 0 Å². The number of ether oxygens (including phenoxy) is 1. The molecular weight excluding hydrogens is 272 g/mol. The second-order valence-electron chi connectivity index (χ2n) is 6.67. The van der Waals surface area contributed by atoms with Gasteiger partial charge in [-0.3, -0.25) is 4.90 Å². The van der Waals surface area contributed by atoms with Crippen molar-refractivity contribution in [2.45, 2.75) is 50.6 Å². The predicted molar refractivity (Wildman–Crippen MR) is 91.1 cm³/mol. The minimum absolute atomic E-state index is 0.516. The van der Waals surface area contributed by atoms with Gasteiger partial charge in [0.05, 0.1) is 0 Å². The third-order valence-corrected chi connectivity index (χ3v) is 5.09. The molecule has 122 valence electrons. The maximum Gasteiger partial charge on any atom is 0.0480 e. The van der Waals surface area contributed by atoms with Gasteiger partial charge in [0, 0.05) is 31.8 Å². The van der Waals surface area contributed by atoms with Crippen molar-refractivity contribution >= 4 is 0 Å². The second-order valence-corrected chi connectivity index (χ2v) is 6.67. The fraction of sp³-hybridized carbons (Fsp3) is 0.684. The largest absolute Gasteiger partial charge is 0.381 e. The minimum Gasteiger partial charge on any atom is -0.381 e. The normalized spacial score (nSPS) is 23.1. The Morgan fingerprint density at radius 2 is 1.68 bits per heavy atom. The molecule has 0 bridgehead atoms. The van der Waals surface area contributed by atoms with Gasteiger partial charge in [0.1, 0.15) is 0 Å². The fourth-order valence-corrected chi connectivity index (χ4v) is 3.72. The Labute approximate surface area is 135 Å². The molecule has 1 aromatic carbocycles. The van der Waals surface area contributed by atoms with Crippen molar-refractivity contribution in [3.05, 3.63) is 35.9 Å². The lowest BCUT2D eigenvalue weighted by Gasteiger charge is -2.33. The third kappa shape index (κ3) is 4.55. The molecule has 3 heteroatoms. The van der Waals surface area contributed by atoms with Crippen LogP contribution in [-0.4, -0.2) is 43.8 Å². The molecule has 22 heavy (non-hydrogen) atoms. The van der Waals surface area contributed by atoms with Crippen LogP contribution in [0.2, 0.25) is 0 Å². The van der Waals surface area contributed by atoms with Gasteiger partial charge in [-0.1, -0.05) is 43.2 Å². The average Bonchev–Trinajstić information content (AvgIpc) is 2.86. The van der Waals surface area contributed by atoms with Crippen molar-refractivity contribution in [1.82, 2.24) is 10.2 Å². The zero-order valence-corrected chi connectivity index (χ0v) is 13.7. The van der Waals surface area contributed by atoms with E-state index >= 15 is 0 Å².